The van der Waals surface area contributed by atoms with E-state index in [2.05, 4.69) is 70.6 Å². The summed E-state index contributed by atoms with van der Waals surface area (Å²) >= 11 is 3.57. The van der Waals surface area contributed by atoms with E-state index in [1.807, 2.05) is 6.07 Å². The molecule has 2 atom stereocenters. The predicted octanol–water partition coefficient (Wildman–Crippen LogP) is 4.05. The van der Waals surface area contributed by atoms with Gasteiger partial charge in [0.15, 0.2) is 0 Å². The molecule has 2 nitrogen and oxygen atoms in total. The molecule has 1 aliphatic heterocycles. The molecule has 3 heteroatoms. The molecule has 1 heterocycles. The molecule has 2 unspecified atom stereocenters. The van der Waals surface area contributed by atoms with Crippen LogP contribution in [0.15, 0.2) is 53.0 Å². The molecular formula is C17H18BrNO. The number of hydrogen-bond donors (Lipinski definition) is 1. The number of rotatable bonds is 1. The molecule has 0 aromatic heterocycles. The molecule has 0 saturated carbocycles. The van der Waals surface area contributed by atoms with Gasteiger partial charge in [-0.25, -0.2) is 0 Å². The zero-order chi connectivity index (χ0) is 13.9. The molecule has 2 aromatic rings. The van der Waals surface area contributed by atoms with Gasteiger partial charge in [0.25, 0.3) is 0 Å². The first-order chi connectivity index (χ1) is 9.74. The van der Waals surface area contributed by atoms with Gasteiger partial charge in [0, 0.05) is 10.5 Å². The van der Waals surface area contributed by atoms with E-state index < -0.39 is 0 Å². The topological polar surface area (TPSA) is 21.3 Å². The summed E-state index contributed by atoms with van der Waals surface area (Å²) in [6.07, 6.45) is 1.01. The molecule has 0 radical (unpaired) electrons. The lowest BCUT2D eigenvalue weighted by atomic mass is 9.93. The van der Waals surface area contributed by atoms with Crippen molar-refractivity contribution < 1.29 is 4.74 Å². The Kier molecular flexibility index (Phi) is 4.20. The Morgan fingerprint density at radius 2 is 1.95 bits per heavy atom. The largest absolute Gasteiger partial charge is 0.354 e. The minimum absolute atomic E-state index is 0.000648. The van der Waals surface area contributed by atoms with Crippen molar-refractivity contribution >= 4 is 15.9 Å². The molecule has 104 valence electrons. The van der Waals surface area contributed by atoms with Crippen molar-refractivity contribution in [1.82, 2.24) is 5.32 Å². The second-order valence-electron chi connectivity index (χ2n) is 5.25. The van der Waals surface area contributed by atoms with E-state index in [4.69, 9.17) is 4.74 Å². The van der Waals surface area contributed by atoms with Crippen LogP contribution in [0.4, 0.5) is 0 Å². The molecule has 0 fully saturated rings. The zero-order valence-corrected chi connectivity index (χ0v) is 13.1. The Balaban J connectivity index is 2.06. The van der Waals surface area contributed by atoms with Gasteiger partial charge in [-0.15, -0.1) is 0 Å². The van der Waals surface area contributed by atoms with Crippen LogP contribution in [0.1, 0.15) is 29.7 Å². The Bertz CT molecular complexity index is 585. The van der Waals surface area contributed by atoms with Gasteiger partial charge in [0.05, 0.1) is 6.73 Å². The molecular weight excluding hydrogens is 314 g/mol. The van der Waals surface area contributed by atoms with Crippen molar-refractivity contribution in [2.45, 2.75) is 25.5 Å². The fraction of sp³-hybridized carbons (Fsp3) is 0.294. The van der Waals surface area contributed by atoms with E-state index in [0.29, 0.717) is 12.8 Å². The SMILES string of the molecule is CC1Cc2cc(Br)ccc2C(c2ccccc2)OCN1. The fourth-order valence-corrected chi connectivity index (χ4v) is 3.08. The maximum Gasteiger partial charge on any atom is 0.110 e. The Morgan fingerprint density at radius 3 is 2.75 bits per heavy atom. The fourth-order valence-electron chi connectivity index (χ4n) is 2.68. The lowest BCUT2D eigenvalue weighted by molar-refractivity contribution is 0.0553. The quantitative estimate of drug-likeness (QED) is 0.851. The first kappa shape index (κ1) is 13.8. The average Bonchev–Trinajstić information content (AvgIpc) is 2.44. The smallest absolute Gasteiger partial charge is 0.110 e. The van der Waals surface area contributed by atoms with Gasteiger partial charge in [-0.3, -0.25) is 5.32 Å². The summed E-state index contributed by atoms with van der Waals surface area (Å²) in [6.45, 7) is 2.77. The van der Waals surface area contributed by atoms with Crippen LogP contribution in [0.3, 0.4) is 0 Å². The molecule has 1 aliphatic rings. The van der Waals surface area contributed by atoms with Crippen LogP contribution in [0.25, 0.3) is 0 Å². The predicted molar refractivity (Wildman–Crippen MR) is 84.7 cm³/mol. The summed E-state index contributed by atoms with van der Waals surface area (Å²) in [5.74, 6) is 0. The van der Waals surface area contributed by atoms with Gasteiger partial charge >= 0.3 is 0 Å². The summed E-state index contributed by atoms with van der Waals surface area (Å²) in [5, 5.41) is 3.41. The third-order valence-corrected chi connectivity index (χ3v) is 4.19. The standard InChI is InChI=1S/C17H18BrNO/c1-12-9-14-10-15(18)7-8-16(14)17(20-11-19-12)13-5-3-2-4-6-13/h2-8,10,12,17,19H,9,11H2,1H3. The number of halogens is 1. The lowest BCUT2D eigenvalue weighted by Gasteiger charge is -2.27. The van der Waals surface area contributed by atoms with E-state index in [1.165, 1.54) is 16.7 Å². The van der Waals surface area contributed by atoms with Crippen LogP contribution in [0.5, 0.6) is 0 Å². The monoisotopic (exact) mass is 331 g/mol. The first-order valence-corrected chi connectivity index (χ1v) is 7.71. The van der Waals surface area contributed by atoms with E-state index >= 15 is 0 Å². The molecule has 1 N–H and O–H groups in total. The van der Waals surface area contributed by atoms with Crippen molar-refractivity contribution in [3.05, 3.63) is 69.7 Å². The molecule has 20 heavy (non-hydrogen) atoms. The highest BCUT2D eigenvalue weighted by molar-refractivity contribution is 9.10. The third kappa shape index (κ3) is 2.95. The second-order valence-corrected chi connectivity index (χ2v) is 6.17. The van der Waals surface area contributed by atoms with Crippen LogP contribution in [0, 0.1) is 0 Å². The normalized spacial score (nSPS) is 22.7. The van der Waals surface area contributed by atoms with Gasteiger partial charge in [0.2, 0.25) is 0 Å². The van der Waals surface area contributed by atoms with Gasteiger partial charge in [-0.2, -0.15) is 0 Å². The number of ether oxygens (including phenoxy) is 1. The van der Waals surface area contributed by atoms with Gasteiger partial charge in [0.1, 0.15) is 6.10 Å². The van der Waals surface area contributed by atoms with Crippen molar-refractivity contribution in [2.75, 3.05) is 6.73 Å². The third-order valence-electron chi connectivity index (χ3n) is 3.70. The minimum atomic E-state index is -0.000648. The Morgan fingerprint density at radius 1 is 1.15 bits per heavy atom. The first-order valence-electron chi connectivity index (χ1n) is 6.92. The van der Waals surface area contributed by atoms with E-state index in [9.17, 15) is 0 Å². The average molecular weight is 332 g/mol. The van der Waals surface area contributed by atoms with Crippen LogP contribution >= 0.6 is 15.9 Å². The van der Waals surface area contributed by atoms with E-state index in [-0.39, 0.29) is 6.10 Å². The molecule has 0 spiro atoms. The van der Waals surface area contributed by atoms with E-state index in [1.54, 1.807) is 0 Å². The molecule has 0 amide bonds. The zero-order valence-electron chi connectivity index (χ0n) is 11.5. The van der Waals surface area contributed by atoms with Crippen LogP contribution in [-0.2, 0) is 11.2 Å². The number of hydrogen-bond acceptors (Lipinski definition) is 2. The van der Waals surface area contributed by atoms with Gasteiger partial charge in [-0.1, -0.05) is 52.3 Å². The van der Waals surface area contributed by atoms with Crippen LogP contribution < -0.4 is 5.32 Å². The summed E-state index contributed by atoms with van der Waals surface area (Å²) in [5.41, 5.74) is 3.81. The molecule has 0 aliphatic carbocycles. The minimum Gasteiger partial charge on any atom is -0.354 e. The second kappa shape index (κ2) is 6.08. The van der Waals surface area contributed by atoms with Crippen molar-refractivity contribution in [3.63, 3.8) is 0 Å². The van der Waals surface area contributed by atoms with Gasteiger partial charge < -0.3 is 4.74 Å². The summed E-state index contributed by atoms with van der Waals surface area (Å²) in [4.78, 5) is 0. The highest BCUT2D eigenvalue weighted by Gasteiger charge is 2.21. The molecule has 0 bridgehead atoms. The maximum absolute atomic E-state index is 6.08. The number of benzene rings is 2. The van der Waals surface area contributed by atoms with Crippen LogP contribution in [0.2, 0.25) is 0 Å². The summed E-state index contributed by atoms with van der Waals surface area (Å²) < 4.78 is 7.20. The van der Waals surface area contributed by atoms with Crippen molar-refractivity contribution in [2.24, 2.45) is 0 Å². The van der Waals surface area contributed by atoms with Crippen molar-refractivity contribution in [3.8, 4) is 0 Å². The lowest BCUT2D eigenvalue weighted by Crippen LogP contribution is -2.34. The molecule has 2 aromatic carbocycles. The Hall–Kier alpha value is -1.16. The highest BCUT2D eigenvalue weighted by atomic mass is 79.9. The Labute approximate surface area is 128 Å². The summed E-state index contributed by atoms with van der Waals surface area (Å²) in [6, 6.07) is 17.3. The van der Waals surface area contributed by atoms with E-state index in [0.717, 1.165) is 10.9 Å². The summed E-state index contributed by atoms with van der Waals surface area (Å²) in [7, 11) is 0. The maximum atomic E-state index is 6.08. The van der Waals surface area contributed by atoms with Crippen LogP contribution in [-0.4, -0.2) is 12.8 Å². The van der Waals surface area contributed by atoms with Crippen molar-refractivity contribution in [1.29, 1.82) is 0 Å². The molecule has 0 saturated heterocycles. The highest BCUT2D eigenvalue weighted by Crippen LogP contribution is 2.32. The number of fused-ring (bicyclic) bond motifs is 1. The number of nitrogens with one attached hydrogen (secondary N) is 1. The molecule has 3 rings (SSSR count). The van der Waals surface area contributed by atoms with Gasteiger partial charge in [-0.05, 0) is 42.2 Å².